The van der Waals surface area contributed by atoms with Crippen LogP contribution in [0.2, 0.25) is 0 Å². The summed E-state index contributed by atoms with van der Waals surface area (Å²) in [5.74, 6) is 0.847. The van der Waals surface area contributed by atoms with Crippen LogP contribution in [0.1, 0.15) is 11.1 Å². The number of hydrogen-bond donors (Lipinski definition) is 2. The number of halogens is 1. The molecule has 2 rings (SSSR count). The standard InChI is InChI=1S/C15H17BrN2O/c1-19-15-6-5-12(8-14(15)16)10-18-9-11-3-2-4-13(17)7-11/h2-8,18H,9-10,17H2,1H3. The van der Waals surface area contributed by atoms with Crippen LogP contribution in [-0.4, -0.2) is 7.11 Å². The van der Waals surface area contributed by atoms with Crippen molar-refractivity contribution in [2.75, 3.05) is 12.8 Å². The normalized spacial score (nSPS) is 10.4. The monoisotopic (exact) mass is 320 g/mol. The predicted octanol–water partition coefficient (Wildman–Crippen LogP) is 3.33. The summed E-state index contributed by atoms with van der Waals surface area (Å²) in [6, 6.07) is 14.0. The van der Waals surface area contributed by atoms with Crippen LogP contribution in [0, 0.1) is 0 Å². The Morgan fingerprint density at radius 2 is 1.84 bits per heavy atom. The van der Waals surface area contributed by atoms with Crippen molar-refractivity contribution in [3.05, 3.63) is 58.1 Å². The van der Waals surface area contributed by atoms with Crippen LogP contribution >= 0.6 is 15.9 Å². The van der Waals surface area contributed by atoms with Crippen molar-refractivity contribution in [1.82, 2.24) is 5.32 Å². The summed E-state index contributed by atoms with van der Waals surface area (Å²) < 4.78 is 6.18. The molecule has 3 N–H and O–H groups in total. The molecule has 2 aromatic rings. The molecule has 0 atom stereocenters. The minimum atomic E-state index is 0.798. The van der Waals surface area contributed by atoms with Gasteiger partial charge in [0.1, 0.15) is 5.75 Å². The van der Waals surface area contributed by atoms with Gasteiger partial charge in [-0.3, -0.25) is 0 Å². The average Bonchev–Trinajstić information content (AvgIpc) is 2.39. The predicted molar refractivity (Wildman–Crippen MR) is 82.1 cm³/mol. The zero-order valence-corrected chi connectivity index (χ0v) is 12.4. The Balaban J connectivity index is 1.90. The molecule has 0 saturated carbocycles. The third-order valence-electron chi connectivity index (χ3n) is 2.83. The van der Waals surface area contributed by atoms with E-state index in [0.29, 0.717) is 0 Å². The van der Waals surface area contributed by atoms with Gasteiger partial charge in [0.2, 0.25) is 0 Å². The Bertz CT molecular complexity index is 558. The molecular weight excluding hydrogens is 304 g/mol. The first-order valence-corrected chi connectivity index (χ1v) is 6.86. The van der Waals surface area contributed by atoms with Crippen molar-refractivity contribution >= 4 is 21.6 Å². The van der Waals surface area contributed by atoms with Gasteiger partial charge in [0.25, 0.3) is 0 Å². The highest BCUT2D eigenvalue weighted by Gasteiger charge is 2.01. The summed E-state index contributed by atoms with van der Waals surface area (Å²) in [6.07, 6.45) is 0. The number of methoxy groups -OCH3 is 1. The average molecular weight is 321 g/mol. The molecule has 0 amide bonds. The van der Waals surface area contributed by atoms with E-state index < -0.39 is 0 Å². The Morgan fingerprint density at radius 3 is 2.47 bits per heavy atom. The van der Waals surface area contributed by atoms with Gasteiger partial charge in [-0.1, -0.05) is 18.2 Å². The maximum atomic E-state index is 5.75. The SMILES string of the molecule is COc1ccc(CNCc2cccc(N)c2)cc1Br. The molecule has 0 aliphatic rings. The van der Waals surface area contributed by atoms with Gasteiger partial charge in [0.05, 0.1) is 11.6 Å². The van der Waals surface area contributed by atoms with Gasteiger partial charge in [0, 0.05) is 18.8 Å². The Kier molecular flexibility index (Phi) is 4.82. The lowest BCUT2D eigenvalue weighted by Crippen LogP contribution is -2.12. The summed E-state index contributed by atoms with van der Waals surface area (Å²) >= 11 is 3.48. The smallest absolute Gasteiger partial charge is 0.133 e. The van der Waals surface area contributed by atoms with Crippen molar-refractivity contribution in [2.45, 2.75) is 13.1 Å². The second-order valence-electron chi connectivity index (χ2n) is 4.32. The van der Waals surface area contributed by atoms with Crippen LogP contribution in [-0.2, 0) is 13.1 Å². The van der Waals surface area contributed by atoms with E-state index in [4.69, 9.17) is 10.5 Å². The van der Waals surface area contributed by atoms with Gasteiger partial charge in [-0.05, 0) is 51.3 Å². The fourth-order valence-corrected chi connectivity index (χ4v) is 2.46. The Hall–Kier alpha value is -1.52. The molecule has 0 aliphatic carbocycles. The molecule has 0 bridgehead atoms. The largest absolute Gasteiger partial charge is 0.496 e. The highest BCUT2D eigenvalue weighted by molar-refractivity contribution is 9.10. The number of hydrogen-bond acceptors (Lipinski definition) is 3. The van der Waals surface area contributed by atoms with E-state index in [2.05, 4.69) is 39.4 Å². The fourth-order valence-electron chi connectivity index (χ4n) is 1.87. The Morgan fingerprint density at radius 1 is 1.11 bits per heavy atom. The first-order valence-electron chi connectivity index (χ1n) is 6.06. The maximum absolute atomic E-state index is 5.75. The highest BCUT2D eigenvalue weighted by Crippen LogP contribution is 2.25. The summed E-state index contributed by atoms with van der Waals surface area (Å²) in [5.41, 5.74) is 8.94. The zero-order chi connectivity index (χ0) is 13.7. The summed E-state index contributed by atoms with van der Waals surface area (Å²) in [7, 11) is 1.66. The van der Waals surface area contributed by atoms with E-state index in [1.165, 1.54) is 11.1 Å². The Labute approximate surface area is 121 Å². The minimum absolute atomic E-state index is 0.798. The third kappa shape index (κ3) is 3.98. The van der Waals surface area contributed by atoms with E-state index >= 15 is 0 Å². The van der Waals surface area contributed by atoms with Crippen molar-refractivity contribution in [3.63, 3.8) is 0 Å². The van der Waals surface area contributed by atoms with E-state index in [1.54, 1.807) is 7.11 Å². The minimum Gasteiger partial charge on any atom is -0.496 e. The first-order chi connectivity index (χ1) is 9.19. The van der Waals surface area contributed by atoms with Crippen molar-refractivity contribution in [3.8, 4) is 5.75 Å². The molecule has 0 spiro atoms. The highest BCUT2D eigenvalue weighted by atomic mass is 79.9. The van der Waals surface area contributed by atoms with Crippen LogP contribution in [0.25, 0.3) is 0 Å². The topological polar surface area (TPSA) is 47.3 Å². The van der Waals surface area contributed by atoms with Crippen molar-refractivity contribution in [2.24, 2.45) is 0 Å². The number of nitrogens with two attached hydrogens (primary N) is 1. The first kappa shape index (κ1) is 13.9. The van der Waals surface area contributed by atoms with Crippen molar-refractivity contribution in [1.29, 1.82) is 0 Å². The van der Waals surface area contributed by atoms with Crippen molar-refractivity contribution < 1.29 is 4.74 Å². The second-order valence-corrected chi connectivity index (χ2v) is 5.17. The van der Waals surface area contributed by atoms with E-state index in [1.807, 2.05) is 24.3 Å². The molecule has 100 valence electrons. The van der Waals surface area contributed by atoms with Crippen LogP contribution in [0.4, 0.5) is 5.69 Å². The third-order valence-corrected chi connectivity index (χ3v) is 3.45. The van der Waals surface area contributed by atoms with Gasteiger partial charge in [-0.2, -0.15) is 0 Å². The van der Waals surface area contributed by atoms with Crippen LogP contribution in [0.5, 0.6) is 5.75 Å². The van der Waals surface area contributed by atoms with Gasteiger partial charge >= 0.3 is 0 Å². The number of nitrogens with one attached hydrogen (secondary N) is 1. The molecule has 0 heterocycles. The second kappa shape index (κ2) is 6.59. The summed E-state index contributed by atoms with van der Waals surface area (Å²) in [6.45, 7) is 1.60. The number of benzene rings is 2. The lowest BCUT2D eigenvalue weighted by atomic mass is 10.2. The fraction of sp³-hybridized carbons (Fsp3) is 0.200. The number of rotatable bonds is 5. The van der Waals surface area contributed by atoms with Gasteiger partial charge in [-0.25, -0.2) is 0 Å². The van der Waals surface area contributed by atoms with E-state index in [9.17, 15) is 0 Å². The van der Waals surface area contributed by atoms with E-state index in [-0.39, 0.29) is 0 Å². The van der Waals surface area contributed by atoms with Crippen LogP contribution < -0.4 is 15.8 Å². The lowest BCUT2D eigenvalue weighted by molar-refractivity contribution is 0.412. The van der Waals surface area contributed by atoms with Crippen LogP contribution in [0.15, 0.2) is 46.9 Å². The summed E-state index contributed by atoms with van der Waals surface area (Å²) in [4.78, 5) is 0. The molecule has 2 aromatic carbocycles. The molecular formula is C15H17BrN2O. The molecule has 0 radical (unpaired) electrons. The maximum Gasteiger partial charge on any atom is 0.133 e. The molecule has 0 aliphatic heterocycles. The molecule has 0 aromatic heterocycles. The van der Waals surface area contributed by atoms with E-state index in [0.717, 1.165) is 29.0 Å². The molecule has 0 saturated heterocycles. The molecule has 19 heavy (non-hydrogen) atoms. The van der Waals surface area contributed by atoms with Gasteiger partial charge in [0.15, 0.2) is 0 Å². The molecule has 3 nitrogen and oxygen atoms in total. The number of ether oxygens (including phenoxy) is 1. The zero-order valence-electron chi connectivity index (χ0n) is 10.8. The molecule has 0 unspecified atom stereocenters. The van der Waals surface area contributed by atoms with Gasteiger partial charge < -0.3 is 15.8 Å². The molecule has 0 fully saturated rings. The quantitative estimate of drug-likeness (QED) is 0.831. The number of anilines is 1. The number of nitrogen functional groups attached to an aromatic ring is 1. The molecule has 4 heteroatoms. The van der Waals surface area contributed by atoms with Crippen LogP contribution in [0.3, 0.4) is 0 Å². The summed E-state index contributed by atoms with van der Waals surface area (Å²) in [5, 5.41) is 3.39. The lowest BCUT2D eigenvalue weighted by Gasteiger charge is -2.08. The van der Waals surface area contributed by atoms with Gasteiger partial charge in [-0.15, -0.1) is 0 Å².